The van der Waals surface area contributed by atoms with Crippen molar-refractivity contribution in [2.45, 2.75) is 31.7 Å². The normalized spacial score (nSPS) is 29.5. The lowest BCUT2D eigenvalue weighted by Crippen LogP contribution is -2.43. The Morgan fingerprint density at radius 2 is 2.13 bits per heavy atom. The number of hydrogen-bond donors (Lipinski definition) is 1. The van der Waals surface area contributed by atoms with E-state index < -0.39 is 0 Å². The second kappa shape index (κ2) is 4.94. The highest BCUT2D eigenvalue weighted by Gasteiger charge is 2.30. The first-order valence-corrected chi connectivity index (χ1v) is 5.88. The summed E-state index contributed by atoms with van der Waals surface area (Å²) in [6.07, 6.45) is 4.30. The molecule has 0 saturated carbocycles. The van der Waals surface area contributed by atoms with E-state index in [1.807, 2.05) is 0 Å². The summed E-state index contributed by atoms with van der Waals surface area (Å²) in [5.41, 5.74) is 5.39. The third-order valence-electron chi connectivity index (χ3n) is 3.53. The first-order valence-electron chi connectivity index (χ1n) is 5.88. The quantitative estimate of drug-likeness (QED) is 0.749. The summed E-state index contributed by atoms with van der Waals surface area (Å²) in [6.45, 7) is 3.81. The summed E-state index contributed by atoms with van der Waals surface area (Å²) in [4.78, 5) is 13.5. The summed E-state index contributed by atoms with van der Waals surface area (Å²) in [6, 6.07) is -0.00663. The molecule has 2 heterocycles. The number of likely N-dealkylation sites (tertiary alicyclic amines) is 1. The van der Waals surface area contributed by atoms with E-state index in [4.69, 9.17) is 10.5 Å². The first kappa shape index (κ1) is 10.9. The van der Waals surface area contributed by atoms with Gasteiger partial charge >= 0.3 is 0 Å². The van der Waals surface area contributed by atoms with Gasteiger partial charge in [0.2, 0.25) is 5.91 Å². The zero-order valence-electron chi connectivity index (χ0n) is 9.15. The van der Waals surface area contributed by atoms with Crippen LogP contribution in [0.25, 0.3) is 0 Å². The van der Waals surface area contributed by atoms with Crippen molar-refractivity contribution in [3.63, 3.8) is 0 Å². The molecule has 2 aliphatic rings. The van der Waals surface area contributed by atoms with E-state index in [2.05, 4.69) is 4.90 Å². The van der Waals surface area contributed by atoms with Crippen molar-refractivity contribution in [3.8, 4) is 0 Å². The van der Waals surface area contributed by atoms with Crippen molar-refractivity contribution in [2.75, 3.05) is 26.3 Å². The Bertz CT molecular complexity index is 232. The van der Waals surface area contributed by atoms with Crippen LogP contribution in [0.2, 0.25) is 0 Å². The summed E-state index contributed by atoms with van der Waals surface area (Å²) in [7, 11) is 0. The predicted octanol–water partition coefficient (Wildman–Crippen LogP) is 0.609. The van der Waals surface area contributed by atoms with E-state index in [-0.39, 0.29) is 13.4 Å². The molecule has 0 aromatic rings. The van der Waals surface area contributed by atoms with Crippen LogP contribution < -0.4 is 5.73 Å². The fraction of sp³-hybridized carbons (Fsp3) is 0.909. The lowest BCUT2D eigenvalue weighted by atomic mass is 9.99. The van der Waals surface area contributed by atoms with Crippen molar-refractivity contribution < 1.29 is 11.0 Å². The van der Waals surface area contributed by atoms with Crippen LogP contribution in [-0.4, -0.2) is 43.2 Å². The van der Waals surface area contributed by atoms with Gasteiger partial charge in [-0.1, -0.05) is 0 Å². The molecule has 0 bridgehead atoms. The van der Waals surface area contributed by atoms with Crippen LogP contribution in [0.3, 0.4) is 0 Å². The van der Waals surface area contributed by atoms with Crippen LogP contribution in [0, 0.1) is 5.92 Å². The van der Waals surface area contributed by atoms with E-state index in [1.54, 1.807) is 0 Å². The lowest BCUT2D eigenvalue weighted by Gasteiger charge is -2.29. The Balaban J connectivity index is 0.00000128. The number of rotatable bonds is 3. The molecule has 4 nitrogen and oxygen atoms in total. The van der Waals surface area contributed by atoms with Crippen LogP contribution in [0.5, 0.6) is 0 Å². The lowest BCUT2D eigenvalue weighted by molar-refractivity contribution is -0.122. The van der Waals surface area contributed by atoms with E-state index in [0.29, 0.717) is 5.92 Å². The number of carbonyl (C=O) groups excluding carboxylic acids is 1. The van der Waals surface area contributed by atoms with Crippen LogP contribution in [0.1, 0.15) is 27.1 Å². The van der Waals surface area contributed by atoms with Crippen molar-refractivity contribution in [3.05, 3.63) is 0 Å². The molecule has 0 aliphatic carbocycles. The molecule has 4 heteroatoms. The maximum Gasteiger partial charge on any atom is 0.234 e. The molecule has 15 heavy (non-hydrogen) atoms. The van der Waals surface area contributed by atoms with Gasteiger partial charge in [0.1, 0.15) is 0 Å². The zero-order valence-corrected chi connectivity index (χ0v) is 9.15. The third-order valence-corrected chi connectivity index (χ3v) is 3.53. The molecule has 2 rings (SSSR count). The second-order valence-electron chi connectivity index (χ2n) is 4.61. The minimum atomic E-state index is -0.153. The van der Waals surface area contributed by atoms with Crippen molar-refractivity contribution in [1.82, 2.24) is 4.90 Å². The molecule has 0 unspecified atom stereocenters. The second-order valence-corrected chi connectivity index (χ2v) is 4.61. The number of nitrogens with zero attached hydrogens (tertiary/aromatic N) is 1. The molecule has 1 amide bonds. The number of nitrogens with two attached hydrogens (primary N) is 1. The van der Waals surface area contributed by atoms with Gasteiger partial charge in [-0.3, -0.25) is 9.69 Å². The van der Waals surface area contributed by atoms with Crippen LogP contribution in [0.15, 0.2) is 0 Å². The van der Waals surface area contributed by atoms with Gasteiger partial charge in [-0.2, -0.15) is 0 Å². The number of ether oxygens (including phenoxy) is 1. The molecule has 2 N–H and O–H groups in total. The minimum Gasteiger partial charge on any atom is -0.381 e. The van der Waals surface area contributed by atoms with Gasteiger partial charge in [-0.05, 0) is 38.1 Å². The highest BCUT2D eigenvalue weighted by atomic mass is 16.5. The predicted molar refractivity (Wildman–Crippen MR) is 59.4 cm³/mol. The summed E-state index contributed by atoms with van der Waals surface area (Å²) in [5, 5.41) is 0. The van der Waals surface area contributed by atoms with Gasteiger partial charge in [0.05, 0.1) is 6.04 Å². The molecule has 88 valence electrons. The molecule has 2 fully saturated rings. The molecule has 2 aliphatic heterocycles. The van der Waals surface area contributed by atoms with Gasteiger partial charge in [0, 0.05) is 21.2 Å². The molecule has 0 radical (unpaired) electrons. The van der Waals surface area contributed by atoms with E-state index >= 15 is 0 Å². The maximum absolute atomic E-state index is 11.2. The third kappa shape index (κ3) is 2.69. The smallest absolute Gasteiger partial charge is 0.234 e. The van der Waals surface area contributed by atoms with Gasteiger partial charge in [0.15, 0.2) is 0 Å². The average Bonchev–Trinajstić information content (AvgIpc) is 2.67. The molecule has 2 saturated heterocycles. The maximum atomic E-state index is 11.2. The topological polar surface area (TPSA) is 55.6 Å². The number of primary amides is 1. The first-order chi connectivity index (χ1) is 7.27. The summed E-state index contributed by atoms with van der Waals surface area (Å²) in [5.74, 6) is 0.540. The van der Waals surface area contributed by atoms with Crippen LogP contribution in [0.4, 0.5) is 0 Å². The van der Waals surface area contributed by atoms with E-state index in [1.165, 1.54) is 0 Å². The van der Waals surface area contributed by atoms with Crippen molar-refractivity contribution >= 4 is 5.91 Å². The van der Waals surface area contributed by atoms with E-state index in [0.717, 1.165) is 52.0 Å². The number of hydrogen-bond acceptors (Lipinski definition) is 3. The Kier molecular flexibility index (Phi) is 3.59. The standard InChI is InChI=1S/C11H20N2O2.H2/c12-11(14)10-2-1-5-13(10)8-9-3-6-15-7-4-9;/h9-10H,1-8H2,(H2,12,14);1H/t10-;/m0./s1. The average molecular weight is 214 g/mol. The Morgan fingerprint density at radius 3 is 2.80 bits per heavy atom. The van der Waals surface area contributed by atoms with Gasteiger partial charge in [-0.25, -0.2) is 0 Å². The van der Waals surface area contributed by atoms with Crippen molar-refractivity contribution in [1.29, 1.82) is 0 Å². The summed E-state index contributed by atoms with van der Waals surface area (Å²) >= 11 is 0. The van der Waals surface area contributed by atoms with E-state index in [9.17, 15) is 4.79 Å². The summed E-state index contributed by atoms with van der Waals surface area (Å²) < 4.78 is 5.33. The molecule has 1 atom stereocenters. The van der Waals surface area contributed by atoms with Gasteiger partial charge in [-0.15, -0.1) is 0 Å². The molecule has 0 aromatic carbocycles. The molecular formula is C11H22N2O2. The Hall–Kier alpha value is -0.610. The molecule has 0 spiro atoms. The highest BCUT2D eigenvalue weighted by Crippen LogP contribution is 2.22. The molecule has 0 aromatic heterocycles. The van der Waals surface area contributed by atoms with Crippen molar-refractivity contribution in [2.24, 2.45) is 11.7 Å². The number of amides is 1. The van der Waals surface area contributed by atoms with Gasteiger partial charge in [0.25, 0.3) is 0 Å². The fourth-order valence-electron chi connectivity index (χ4n) is 2.63. The Labute approximate surface area is 92.2 Å². The van der Waals surface area contributed by atoms with Crippen LogP contribution in [-0.2, 0) is 9.53 Å². The molecular weight excluding hydrogens is 192 g/mol. The Morgan fingerprint density at radius 1 is 1.40 bits per heavy atom. The largest absolute Gasteiger partial charge is 0.381 e. The minimum absolute atomic E-state index is 0. The van der Waals surface area contributed by atoms with Gasteiger partial charge < -0.3 is 10.5 Å². The van der Waals surface area contributed by atoms with Crippen LogP contribution >= 0.6 is 0 Å². The SMILES string of the molecule is NC(=O)[C@@H]1CCCN1CC1CCOCC1.[HH]. The fourth-order valence-corrected chi connectivity index (χ4v) is 2.63. The number of carbonyl (C=O) groups is 1. The highest BCUT2D eigenvalue weighted by molar-refractivity contribution is 5.80. The monoisotopic (exact) mass is 214 g/mol. The zero-order chi connectivity index (χ0) is 10.7.